The molecule has 0 fully saturated rings. The first-order chi connectivity index (χ1) is 17.6. The van der Waals surface area contributed by atoms with Gasteiger partial charge in [0.2, 0.25) is 11.8 Å². The van der Waals surface area contributed by atoms with Crippen molar-refractivity contribution in [2.24, 2.45) is 11.3 Å². The minimum Gasteiger partial charge on any atom is -0.497 e. The second kappa shape index (κ2) is 12.6. The zero-order valence-corrected chi connectivity index (χ0v) is 23.1. The van der Waals surface area contributed by atoms with Crippen molar-refractivity contribution >= 4 is 11.8 Å². The highest BCUT2D eigenvalue weighted by molar-refractivity contribution is 5.87. The number of nitrogens with zero attached hydrogens (tertiary/aromatic N) is 3. The van der Waals surface area contributed by atoms with Crippen molar-refractivity contribution < 1.29 is 14.3 Å². The number of hydrogen-bond donors (Lipinski definition) is 0. The summed E-state index contributed by atoms with van der Waals surface area (Å²) < 4.78 is 7.54. The van der Waals surface area contributed by atoms with Crippen LogP contribution in [0.1, 0.15) is 51.4 Å². The van der Waals surface area contributed by atoms with Crippen LogP contribution >= 0.6 is 0 Å². The van der Waals surface area contributed by atoms with Crippen LogP contribution in [0.5, 0.6) is 5.75 Å². The zero-order valence-electron chi connectivity index (χ0n) is 23.1. The molecule has 0 spiro atoms. The Kier molecular flexibility index (Phi) is 9.56. The van der Waals surface area contributed by atoms with E-state index in [1.807, 2.05) is 86.5 Å². The SMILES string of the molecule is COc1cccc(Cn2cccc2CN(Cc2ccccc2)C(=O)CN(CC(C)C)C(=O)C(C)(C)C)c1. The number of carbonyl (C=O) groups excluding carboxylic acids is 2. The Morgan fingerprint density at radius 2 is 1.59 bits per heavy atom. The predicted octanol–water partition coefficient (Wildman–Crippen LogP) is 5.60. The quantitative estimate of drug-likeness (QED) is 0.342. The lowest BCUT2D eigenvalue weighted by Gasteiger charge is -2.33. The summed E-state index contributed by atoms with van der Waals surface area (Å²) >= 11 is 0. The van der Waals surface area contributed by atoms with Crippen LogP contribution in [-0.2, 0) is 29.2 Å². The van der Waals surface area contributed by atoms with Crippen molar-refractivity contribution in [1.29, 1.82) is 0 Å². The van der Waals surface area contributed by atoms with E-state index in [9.17, 15) is 9.59 Å². The van der Waals surface area contributed by atoms with E-state index in [0.717, 1.165) is 22.6 Å². The smallest absolute Gasteiger partial charge is 0.242 e. The summed E-state index contributed by atoms with van der Waals surface area (Å²) in [6, 6.07) is 22.1. The molecule has 0 saturated heterocycles. The first-order valence-corrected chi connectivity index (χ1v) is 12.9. The monoisotopic (exact) mass is 503 g/mol. The summed E-state index contributed by atoms with van der Waals surface area (Å²) in [6.45, 7) is 12.1. The van der Waals surface area contributed by atoms with E-state index in [1.165, 1.54) is 0 Å². The van der Waals surface area contributed by atoms with Crippen LogP contribution in [0.25, 0.3) is 0 Å². The van der Waals surface area contributed by atoms with Crippen molar-refractivity contribution in [2.45, 2.75) is 54.3 Å². The molecule has 0 bridgehead atoms. The first kappa shape index (κ1) is 28.0. The molecule has 3 aromatic rings. The minimum atomic E-state index is -0.551. The fraction of sp³-hybridized carbons (Fsp3) is 0.419. The van der Waals surface area contributed by atoms with Crippen molar-refractivity contribution in [3.8, 4) is 5.75 Å². The van der Waals surface area contributed by atoms with E-state index in [-0.39, 0.29) is 24.3 Å². The fourth-order valence-corrected chi connectivity index (χ4v) is 4.34. The Bertz CT molecular complexity index is 1160. The molecule has 0 aliphatic rings. The molecule has 6 heteroatoms. The number of amides is 2. The summed E-state index contributed by atoms with van der Waals surface area (Å²) in [4.78, 5) is 30.5. The summed E-state index contributed by atoms with van der Waals surface area (Å²) in [7, 11) is 1.67. The molecule has 1 aromatic heterocycles. The van der Waals surface area contributed by atoms with Gasteiger partial charge in [-0.25, -0.2) is 0 Å². The Morgan fingerprint density at radius 1 is 0.892 bits per heavy atom. The van der Waals surface area contributed by atoms with Gasteiger partial charge in [-0.1, -0.05) is 77.1 Å². The number of rotatable bonds is 11. The van der Waals surface area contributed by atoms with Gasteiger partial charge in [0.15, 0.2) is 0 Å². The molecule has 6 nitrogen and oxygen atoms in total. The van der Waals surface area contributed by atoms with E-state index < -0.39 is 5.41 Å². The minimum absolute atomic E-state index is 0.00406. The molecule has 2 aromatic carbocycles. The van der Waals surface area contributed by atoms with Crippen molar-refractivity contribution in [2.75, 3.05) is 20.2 Å². The largest absolute Gasteiger partial charge is 0.497 e. The molecule has 0 N–H and O–H groups in total. The molecule has 0 aliphatic heterocycles. The molecule has 0 radical (unpaired) electrons. The van der Waals surface area contributed by atoms with Gasteiger partial charge in [0.05, 0.1) is 20.2 Å². The van der Waals surface area contributed by atoms with E-state index in [1.54, 1.807) is 12.0 Å². The standard InChI is InChI=1S/C31H41N3O3/c1-24(2)19-34(30(36)31(3,4)5)23-29(35)33(20-25-12-8-7-9-13-25)22-27-15-11-17-32(27)21-26-14-10-16-28(18-26)37-6/h7-18,24H,19-23H2,1-6H3. The molecule has 1 heterocycles. The van der Waals surface area contributed by atoms with Crippen LogP contribution in [0.2, 0.25) is 0 Å². The normalized spacial score (nSPS) is 11.4. The van der Waals surface area contributed by atoms with Crippen molar-refractivity contribution in [3.05, 3.63) is 89.7 Å². The summed E-state index contributed by atoms with van der Waals surface area (Å²) in [5.74, 6) is 1.02. The highest BCUT2D eigenvalue weighted by atomic mass is 16.5. The molecular formula is C31H41N3O3. The Hall–Kier alpha value is -3.54. The maximum absolute atomic E-state index is 13.8. The molecule has 0 atom stereocenters. The highest BCUT2D eigenvalue weighted by Crippen LogP contribution is 2.20. The van der Waals surface area contributed by atoms with E-state index in [4.69, 9.17) is 4.74 Å². The van der Waals surface area contributed by atoms with Gasteiger partial charge < -0.3 is 19.1 Å². The highest BCUT2D eigenvalue weighted by Gasteiger charge is 2.30. The lowest BCUT2D eigenvalue weighted by atomic mass is 9.94. The van der Waals surface area contributed by atoms with Gasteiger partial charge in [-0.15, -0.1) is 0 Å². The molecular weight excluding hydrogens is 462 g/mol. The average molecular weight is 504 g/mol. The zero-order chi connectivity index (χ0) is 27.0. The molecule has 0 saturated carbocycles. The van der Waals surface area contributed by atoms with Gasteiger partial charge in [0.1, 0.15) is 5.75 Å². The summed E-state index contributed by atoms with van der Waals surface area (Å²) in [5, 5.41) is 0. The van der Waals surface area contributed by atoms with Gasteiger partial charge in [-0.2, -0.15) is 0 Å². The van der Waals surface area contributed by atoms with Crippen molar-refractivity contribution in [1.82, 2.24) is 14.4 Å². The van der Waals surface area contributed by atoms with Crippen LogP contribution in [0.15, 0.2) is 72.9 Å². The van der Waals surface area contributed by atoms with E-state index >= 15 is 0 Å². The Labute approximate surface area is 221 Å². The van der Waals surface area contributed by atoms with Gasteiger partial charge in [0, 0.05) is 36.9 Å². The molecule has 0 unspecified atom stereocenters. The van der Waals surface area contributed by atoms with Crippen LogP contribution in [0.4, 0.5) is 0 Å². The molecule has 0 aliphatic carbocycles. The van der Waals surface area contributed by atoms with Gasteiger partial charge in [0.25, 0.3) is 0 Å². The van der Waals surface area contributed by atoms with Crippen LogP contribution < -0.4 is 4.74 Å². The second-order valence-corrected chi connectivity index (χ2v) is 11.0. The third-order valence-corrected chi connectivity index (χ3v) is 6.17. The Balaban J connectivity index is 1.85. The summed E-state index contributed by atoms with van der Waals surface area (Å²) in [5.41, 5.74) is 2.66. The average Bonchev–Trinajstić information content (AvgIpc) is 3.28. The molecule has 2 amide bonds. The predicted molar refractivity (Wildman–Crippen MR) is 148 cm³/mol. The fourth-order valence-electron chi connectivity index (χ4n) is 4.34. The number of hydrogen-bond acceptors (Lipinski definition) is 3. The molecule has 3 rings (SSSR count). The van der Waals surface area contributed by atoms with Gasteiger partial charge >= 0.3 is 0 Å². The van der Waals surface area contributed by atoms with Gasteiger partial charge in [-0.05, 0) is 41.3 Å². The van der Waals surface area contributed by atoms with E-state index in [2.05, 4.69) is 30.5 Å². The van der Waals surface area contributed by atoms with Crippen molar-refractivity contribution in [3.63, 3.8) is 0 Å². The lowest BCUT2D eigenvalue weighted by molar-refractivity contribution is -0.146. The number of methoxy groups -OCH3 is 1. The topological polar surface area (TPSA) is 54.8 Å². The van der Waals surface area contributed by atoms with Crippen LogP contribution in [-0.4, -0.2) is 46.4 Å². The number of aromatic nitrogens is 1. The maximum atomic E-state index is 13.8. The van der Waals surface area contributed by atoms with Gasteiger partial charge in [-0.3, -0.25) is 9.59 Å². The third-order valence-electron chi connectivity index (χ3n) is 6.17. The molecule has 37 heavy (non-hydrogen) atoms. The number of benzene rings is 2. The van der Waals surface area contributed by atoms with E-state index in [0.29, 0.717) is 26.2 Å². The number of ether oxygens (including phenoxy) is 1. The summed E-state index contributed by atoms with van der Waals surface area (Å²) in [6.07, 6.45) is 2.04. The first-order valence-electron chi connectivity index (χ1n) is 12.9. The maximum Gasteiger partial charge on any atom is 0.242 e. The third kappa shape index (κ3) is 8.24. The molecule has 198 valence electrons. The Morgan fingerprint density at radius 3 is 2.24 bits per heavy atom. The van der Waals surface area contributed by atoms with Crippen LogP contribution in [0.3, 0.4) is 0 Å². The number of carbonyl (C=O) groups is 2. The van der Waals surface area contributed by atoms with Crippen LogP contribution in [0, 0.1) is 11.3 Å². The second-order valence-electron chi connectivity index (χ2n) is 11.0. The lowest BCUT2D eigenvalue weighted by Crippen LogP contribution is -2.47.